The van der Waals surface area contributed by atoms with Crippen LogP contribution in [0.3, 0.4) is 0 Å². The van der Waals surface area contributed by atoms with Crippen molar-refractivity contribution in [2.24, 2.45) is 0 Å². The first-order valence-electron chi connectivity index (χ1n) is 10.2. The molecule has 0 saturated carbocycles. The standard InChI is InChI=1S/C21H34N2O3.C2H6/c1-10-12-26-19(17(11-2)25-9)18-14(3)13-16(15(4)23(18)8)20(24)22-21(5,6)7;1-2/h13H,4,10-12H2,1-3,5-9H3,(H,22,24);1-2H3/b19-17-;. The first-order valence-corrected chi connectivity index (χ1v) is 10.2. The Morgan fingerprint density at radius 1 is 1.25 bits per heavy atom. The lowest BCUT2D eigenvalue weighted by molar-refractivity contribution is -0.118. The summed E-state index contributed by atoms with van der Waals surface area (Å²) in [6.45, 7) is 20.7. The van der Waals surface area contributed by atoms with Crippen LogP contribution in [0.1, 0.15) is 68.2 Å². The molecule has 1 aliphatic rings. The molecule has 1 rings (SSSR count). The quantitative estimate of drug-likeness (QED) is 0.599. The van der Waals surface area contributed by atoms with Gasteiger partial charge in [0.25, 0.3) is 5.91 Å². The van der Waals surface area contributed by atoms with Gasteiger partial charge in [-0.2, -0.15) is 0 Å². The summed E-state index contributed by atoms with van der Waals surface area (Å²) in [6.07, 6.45) is 3.49. The number of ether oxygens (including phenoxy) is 2. The SMILES string of the molecule is C=C1C(C(=O)NC(C)(C)C)=CC(C)=C(/C(OCCC)=C(\CC)OC)N1C.CC. The average Bonchev–Trinajstić information content (AvgIpc) is 2.63. The summed E-state index contributed by atoms with van der Waals surface area (Å²) >= 11 is 0. The fourth-order valence-electron chi connectivity index (χ4n) is 2.77. The molecular formula is C23H40N2O3. The van der Waals surface area contributed by atoms with Gasteiger partial charge in [-0.05, 0) is 45.8 Å². The van der Waals surface area contributed by atoms with Crippen LogP contribution in [0, 0.1) is 0 Å². The maximum atomic E-state index is 12.7. The summed E-state index contributed by atoms with van der Waals surface area (Å²) in [7, 11) is 3.55. The molecule has 0 bridgehead atoms. The molecule has 0 aromatic carbocycles. The number of carbonyl (C=O) groups is 1. The largest absolute Gasteiger partial charge is 0.497 e. The van der Waals surface area contributed by atoms with E-state index in [1.165, 1.54) is 0 Å². The first-order chi connectivity index (χ1) is 13.1. The molecule has 0 aromatic heterocycles. The Hall–Kier alpha value is -2.17. The topological polar surface area (TPSA) is 50.8 Å². The number of hydrogen-bond donors (Lipinski definition) is 1. The van der Waals surface area contributed by atoms with Gasteiger partial charge in [0.15, 0.2) is 5.76 Å². The summed E-state index contributed by atoms with van der Waals surface area (Å²) in [6, 6.07) is 0. The number of nitrogens with zero attached hydrogens (tertiary/aromatic N) is 1. The fourth-order valence-corrected chi connectivity index (χ4v) is 2.77. The zero-order valence-electron chi connectivity index (χ0n) is 19.6. The lowest BCUT2D eigenvalue weighted by atomic mass is 9.98. The lowest BCUT2D eigenvalue weighted by Gasteiger charge is -2.33. The Kier molecular flexibility index (Phi) is 10.7. The zero-order chi connectivity index (χ0) is 22.1. The highest BCUT2D eigenvalue weighted by molar-refractivity contribution is 5.99. The minimum atomic E-state index is -0.310. The van der Waals surface area contributed by atoms with Gasteiger partial charge in [-0.25, -0.2) is 0 Å². The van der Waals surface area contributed by atoms with E-state index in [2.05, 4.69) is 18.8 Å². The van der Waals surface area contributed by atoms with Crippen LogP contribution in [0.2, 0.25) is 0 Å². The van der Waals surface area contributed by atoms with E-state index < -0.39 is 0 Å². The summed E-state index contributed by atoms with van der Waals surface area (Å²) < 4.78 is 11.6. The molecule has 1 amide bonds. The van der Waals surface area contributed by atoms with Crippen molar-refractivity contribution in [3.05, 3.63) is 46.7 Å². The molecule has 28 heavy (non-hydrogen) atoms. The van der Waals surface area contributed by atoms with Crippen molar-refractivity contribution in [1.29, 1.82) is 0 Å². The molecule has 0 spiro atoms. The lowest BCUT2D eigenvalue weighted by Crippen LogP contribution is -2.43. The Balaban J connectivity index is 0.00000352. The van der Waals surface area contributed by atoms with Gasteiger partial charge in [0.2, 0.25) is 0 Å². The van der Waals surface area contributed by atoms with Crippen molar-refractivity contribution in [3.8, 4) is 0 Å². The van der Waals surface area contributed by atoms with Gasteiger partial charge in [-0.1, -0.05) is 34.3 Å². The second-order valence-electron chi connectivity index (χ2n) is 7.46. The van der Waals surface area contributed by atoms with E-state index in [4.69, 9.17) is 9.47 Å². The van der Waals surface area contributed by atoms with Crippen molar-refractivity contribution in [2.75, 3.05) is 20.8 Å². The molecular weight excluding hydrogens is 352 g/mol. The number of hydrogen-bond acceptors (Lipinski definition) is 4. The molecule has 0 atom stereocenters. The van der Waals surface area contributed by atoms with E-state index in [0.29, 0.717) is 30.1 Å². The summed E-state index contributed by atoms with van der Waals surface area (Å²) in [5.41, 5.74) is 2.71. The fraction of sp³-hybridized carbons (Fsp3) is 0.609. The predicted octanol–water partition coefficient (Wildman–Crippen LogP) is 5.28. The third kappa shape index (κ3) is 6.77. The number of nitrogens with one attached hydrogen (secondary N) is 1. The molecule has 1 aliphatic heterocycles. The van der Waals surface area contributed by atoms with Crippen LogP contribution < -0.4 is 5.32 Å². The molecule has 1 N–H and O–H groups in total. The predicted molar refractivity (Wildman–Crippen MR) is 117 cm³/mol. The van der Waals surface area contributed by atoms with Crippen molar-refractivity contribution >= 4 is 5.91 Å². The van der Waals surface area contributed by atoms with E-state index in [1.807, 2.05) is 66.5 Å². The van der Waals surface area contributed by atoms with Crippen molar-refractivity contribution in [3.63, 3.8) is 0 Å². The number of carbonyl (C=O) groups excluding carboxylic acids is 1. The monoisotopic (exact) mass is 392 g/mol. The maximum absolute atomic E-state index is 12.7. The van der Waals surface area contributed by atoms with Gasteiger partial charge in [-0.15, -0.1) is 0 Å². The van der Waals surface area contributed by atoms with Crippen LogP contribution in [-0.4, -0.2) is 37.1 Å². The van der Waals surface area contributed by atoms with Gasteiger partial charge in [0, 0.05) is 24.7 Å². The normalized spacial score (nSPS) is 15.3. The molecule has 160 valence electrons. The van der Waals surface area contributed by atoms with Crippen LogP contribution in [0.25, 0.3) is 0 Å². The number of amides is 1. The van der Waals surface area contributed by atoms with Crippen molar-refractivity contribution < 1.29 is 14.3 Å². The molecule has 1 heterocycles. The minimum Gasteiger partial charge on any atom is -0.497 e. The Morgan fingerprint density at radius 3 is 2.25 bits per heavy atom. The summed E-state index contributed by atoms with van der Waals surface area (Å²) in [4.78, 5) is 14.6. The van der Waals surface area contributed by atoms with Crippen LogP contribution in [0.5, 0.6) is 0 Å². The second-order valence-corrected chi connectivity index (χ2v) is 7.46. The molecule has 0 fully saturated rings. The van der Waals surface area contributed by atoms with Gasteiger partial charge in [-0.3, -0.25) is 4.79 Å². The summed E-state index contributed by atoms with van der Waals surface area (Å²) in [5.74, 6) is 1.36. The summed E-state index contributed by atoms with van der Waals surface area (Å²) in [5, 5.41) is 3.00. The molecule has 0 aliphatic carbocycles. The second kappa shape index (κ2) is 11.6. The Morgan fingerprint density at radius 2 is 1.82 bits per heavy atom. The highest BCUT2D eigenvalue weighted by Gasteiger charge is 2.30. The smallest absolute Gasteiger partial charge is 0.253 e. The van der Waals surface area contributed by atoms with Crippen molar-refractivity contribution in [1.82, 2.24) is 10.2 Å². The van der Waals surface area contributed by atoms with Gasteiger partial charge in [0.05, 0.1) is 25.0 Å². The highest BCUT2D eigenvalue weighted by Crippen LogP contribution is 2.34. The highest BCUT2D eigenvalue weighted by atomic mass is 16.5. The Bertz CT molecular complexity index is 643. The molecule has 5 heteroatoms. The van der Waals surface area contributed by atoms with E-state index in [0.717, 1.165) is 23.5 Å². The van der Waals surface area contributed by atoms with Gasteiger partial charge >= 0.3 is 0 Å². The third-order valence-corrected chi connectivity index (χ3v) is 4.01. The van der Waals surface area contributed by atoms with Crippen LogP contribution in [0.4, 0.5) is 0 Å². The third-order valence-electron chi connectivity index (χ3n) is 4.01. The molecule has 0 unspecified atom stereocenters. The van der Waals surface area contributed by atoms with Crippen LogP contribution >= 0.6 is 0 Å². The Labute approximate surface area is 172 Å². The van der Waals surface area contributed by atoms with E-state index >= 15 is 0 Å². The number of allylic oxidation sites excluding steroid dienone is 3. The average molecular weight is 393 g/mol. The maximum Gasteiger partial charge on any atom is 0.253 e. The van der Waals surface area contributed by atoms with Gasteiger partial charge < -0.3 is 19.7 Å². The van der Waals surface area contributed by atoms with E-state index in [1.54, 1.807) is 7.11 Å². The molecule has 5 nitrogen and oxygen atoms in total. The number of likely N-dealkylation sites (N-methyl/N-ethyl adjacent to an activating group) is 1. The first kappa shape index (κ1) is 25.8. The van der Waals surface area contributed by atoms with E-state index in [9.17, 15) is 4.79 Å². The molecule has 0 aromatic rings. The molecule has 0 radical (unpaired) electrons. The molecule has 0 saturated heterocycles. The van der Waals surface area contributed by atoms with Crippen LogP contribution in [-0.2, 0) is 14.3 Å². The number of rotatable bonds is 7. The number of methoxy groups -OCH3 is 1. The van der Waals surface area contributed by atoms with E-state index in [-0.39, 0.29) is 11.4 Å². The van der Waals surface area contributed by atoms with Crippen LogP contribution in [0.15, 0.2) is 46.7 Å². The minimum absolute atomic E-state index is 0.129. The van der Waals surface area contributed by atoms with Crippen molar-refractivity contribution in [2.45, 2.75) is 73.8 Å². The van der Waals surface area contributed by atoms with Gasteiger partial charge in [0.1, 0.15) is 5.76 Å². The zero-order valence-corrected chi connectivity index (χ0v) is 19.6.